The van der Waals surface area contributed by atoms with E-state index in [1.807, 2.05) is 6.07 Å². The van der Waals surface area contributed by atoms with Crippen LogP contribution >= 0.6 is 0 Å². The number of hydrogen-bond acceptors (Lipinski definition) is 3. The maximum Gasteiger partial charge on any atom is 0.142 e. The van der Waals surface area contributed by atoms with Gasteiger partial charge >= 0.3 is 0 Å². The molecule has 1 aromatic heterocycles. The van der Waals surface area contributed by atoms with E-state index in [9.17, 15) is 5.11 Å². The fraction of sp³-hybridized carbons (Fsp3) is 0.615. The van der Waals surface area contributed by atoms with Gasteiger partial charge in [-0.05, 0) is 18.4 Å². The second-order valence-electron chi connectivity index (χ2n) is 4.52. The van der Waals surface area contributed by atoms with Crippen LogP contribution in [0.25, 0.3) is 0 Å². The average Bonchev–Trinajstić information content (AvgIpc) is 2.81. The standard InChI is InChI=1S/C13H19NO2/c1-16-13-9-14-7-6-11(13)12(15)8-10-4-2-3-5-10/h6-7,9-10,12,15H,2-5,8H2,1H3. The second-order valence-corrected chi connectivity index (χ2v) is 4.52. The van der Waals surface area contributed by atoms with E-state index in [0.717, 1.165) is 12.0 Å². The molecular formula is C13H19NO2. The van der Waals surface area contributed by atoms with E-state index in [1.165, 1.54) is 25.7 Å². The molecule has 1 aliphatic rings. The molecular weight excluding hydrogens is 202 g/mol. The summed E-state index contributed by atoms with van der Waals surface area (Å²) in [6, 6.07) is 1.85. The van der Waals surface area contributed by atoms with Gasteiger partial charge in [-0.15, -0.1) is 0 Å². The zero-order chi connectivity index (χ0) is 11.4. The van der Waals surface area contributed by atoms with Crippen molar-refractivity contribution in [1.82, 2.24) is 4.98 Å². The quantitative estimate of drug-likeness (QED) is 0.850. The van der Waals surface area contributed by atoms with Gasteiger partial charge in [0, 0.05) is 11.8 Å². The molecule has 0 bridgehead atoms. The van der Waals surface area contributed by atoms with Crippen molar-refractivity contribution >= 4 is 0 Å². The minimum atomic E-state index is -0.416. The Morgan fingerprint density at radius 3 is 2.94 bits per heavy atom. The van der Waals surface area contributed by atoms with Crippen LogP contribution in [-0.2, 0) is 0 Å². The van der Waals surface area contributed by atoms with Crippen molar-refractivity contribution < 1.29 is 9.84 Å². The summed E-state index contributed by atoms with van der Waals surface area (Å²) in [7, 11) is 1.61. The van der Waals surface area contributed by atoms with E-state index in [4.69, 9.17) is 4.74 Å². The first-order chi connectivity index (χ1) is 7.81. The van der Waals surface area contributed by atoms with Gasteiger partial charge in [-0.2, -0.15) is 0 Å². The molecule has 0 amide bonds. The van der Waals surface area contributed by atoms with Gasteiger partial charge in [0.15, 0.2) is 0 Å². The van der Waals surface area contributed by atoms with E-state index in [2.05, 4.69) is 4.98 Å². The van der Waals surface area contributed by atoms with E-state index < -0.39 is 6.10 Å². The molecule has 3 heteroatoms. The van der Waals surface area contributed by atoms with Gasteiger partial charge in [-0.3, -0.25) is 4.98 Å². The predicted octanol–water partition coefficient (Wildman–Crippen LogP) is 2.70. The minimum Gasteiger partial charge on any atom is -0.495 e. The van der Waals surface area contributed by atoms with Gasteiger partial charge in [-0.25, -0.2) is 0 Å². The SMILES string of the molecule is COc1cnccc1C(O)CC1CCCC1. The smallest absolute Gasteiger partial charge is 0.142 e. The molecule has 16 heavy (non-hydrogen) atoms. The molecule has 1 fully saturated rings. The fourth-order valence-corrected chi connectivity index (χ4v) is 2.53. The average molecular weight is 221 g/mol. The highest BCUT2D eigenvalue weighted by molar-refractivity contribution is 5.31. The molecule has 1 saturated carbocycles. The molecule has 3 nitrogen and oxygen atoms in total. The first-order valence-corrected chi connectivity index (χ1v) is 5.97. The Bertz CT molecular complexity index is 334. The van der Waals surface area contributed by atoms with E-state index in [0.29, 0.717) is 11.7 Å². The maximum absolute atomic E-state index is 10.2. The summed E-state index contributed by atoms with van der Waals surface area (Å²) in [6.07, 6.45) is 8.93. The van der Waals surface area contributed by atoms with Crippen LogP contribution in [0.15, 0.2) is 18.5 Å². The van der Waals surface area contributed by atoms with Crippen molar-refractivity contribution in [2.45, 2.75) is 38.2 Å². The number of nitrogens with zero attached hydrogens (tertiary/aromatic N) is 1. The van der Waals surface area contributed by atoms with Gasteiger partial charge in [0.2, 0.25) is 0 Å². The third kappa shape index (κ3) is 2.53. The van der Waals surface area contributed by atoms with Gasteiger partial charge in [0.25, 0.3) is 0 Å². The van der Waals surface area contributed by atoms with Crippen molar-refractivity contribution in [1.29, 1.82) is 0 Å². The Balaban J connectivity index is 2.04. The van der Waals surface area contributed by atoms with E-state index >= 15 is 0 Å². The fourth-order valence-electron chi connectivity index (χ4n) is 2.53. The number of pyridine rings is 1. The van der Waals surface area contributed by atoms with Crippen LogP contribution < -0.4 is 4.74 Å². The molecule has 1 N–H and O–H groups in total. The molecule has 2 rings (SSSR count). The highest BCUT2D eigenvalue weighted by Crippen LogP contribution is 2.35. The van der Waals surface area contributed by atoms with Crippen LogP contribution in [0.2, 0.25) is 0 Å². The highest BCUT2D eigenvalue weighted by atomic mass is 16.5. The number of aliphatic hydroxyl groups excluding tert-OH is 1. The summed E-state index contributed by atoms with van der Waals surface area (Å²) in [5, 5.41) is 10.2. The molecule has 1 aliphatic carbocycles. The number of ether oxygens (including phenoxy) is 1. The normalized spacial score (nSPS) is 18.6. The number of aliphatic hydroxyl groups is 1. The van der Waals surface area contributed by atoms with Crippen LogP contribution in [0, 0.1) is 5.92 Å². The lowest BCUT2D eigenvalue weighted by Crippen LogP contribution is -2.06. The topological polar surface area (TPSA) is 42.4 Å². The van der Waals surface area contributed by atoms with Crippen molar-refractivity contribution in [3.63, 3.8) is 0 Å². The number of methoxy groups -OCH3 is 1. The minimum absolute atomic E-state index is 0.416. The lowest BCUT2D eigenvalue weighted by atomic mass is 9.96. The van der Waals surface area contributed by atoms with Crippen LogP contribution in [0.4, 0.5) is 0 Å². The second kappa shape index (κ2) is 5.30. The first-order valence-electron chi connectivity index (χ1n) is 5.97. The third-order valence-corrected chi connectivity index (χ3v) is 3.43. The molecule has 1 unspecified atom stereocenters. The third-order valence-electron chi connectivity index (χ3n) is 3.43. The van der Waals surface area contributed by atoms with Crippen LogP contribution in [0.3, 0.4) is 0 Å². The first kappa shape index (κ1) is 11.4. The Hall–Kier alpha value is -1.09. The van der Waals surface area contributed by atoms with Crippen LogP contribution in [-0.4, -0.2) is 17.2 Å². The van der Waals surface area contributed by atoms with Crippen LogP contribution in [0.1, 0.15) is 43.8 Å². The van der Waals surface area contributed by atoms with Crippen molar-refractivity contribution in [3.05, 3.63) is 24.0 Å². The zero-order valence-electron chi connectivity index (χ0n) is 9.72. The van der Waals surface area contributed by atoms with Crippen LogP contribution in [0.5, 0.6) is 5.75 Å². The molecule has 0 saturated heterocycles. The van der Waals surface area contributed by atoms with Crippen molar-refractivity contribution in [2.24, 2.45) is 5.92 Å². The van der Waals surface area contributed by atoms with Gasteiger partial charge < -0.3 is 9.84 Å². The van der Waals surface area contributed by atoms with Crippen molar-refractivity contribution in [3.8, 4) is 5.75 Å². The summed E-state index contributed by atoms with van der Waals surface area (Å²) < 4.78 is 5.21. The van der Waals surface area contributed by atoms with Gasteiger partial charge in [-0.1, -0.05) is 25.7 Å². The summed E-state index contributed by atoms with van der Waals surface area (Å²) in [5.74, 6) is 1.36. The molecule has 0 aliphatic heterocycles. The van der Waals surface area contributed by atoms with E-state index in [-0.39, 0.29) is 0 Å². The highest BCUT2D eigenvalue weighted by Gasteiger charge is 2.21. The number of rotatable bonds is 4. The summed E-state index contributed by atoms with van der Waals surface area (Å²) in [5.41, 5.74) is 0.865. The maximum atomic E-state index is 10.2. The molecule has 1 atom stereocenters. The van der Waals surface area contributed by atoms with Crippen molar-refractivity contribution in [2.75, 3.05) is 7.11 Å². The number of hydrogen-bond donors (Lipinski definition) is 1. The van der Waals surface area contributed by atoms with Gasteiger partial charge in [0.05, 0.1) is 19.4 Å². The molecule has 1 aromatic rings. The summed E-state index contributed by atoms with van der Waals surface area (Å²) >= 11 is 0. The Kier molecular flexibility index (Phi) is 3.78. The lowest BCUT2D eigenvalue weighted by molar-refractivity contribution is 0.141. The van der Waals surface area contributed by atoms with Gasteiger partial charge in [0.1, 0.15) is 5.75 Å². The predicted molar refractivity (Wildman–Crippen MR) is 62.3 cm³/mol. The summed E-state index contributed by atoms with van der Waals surface area (Å²) in [4.78, 5) is 3.99. The molecule has 88 valence electrons. The van der Waals surface area contributed by atoms with E-state index in [1.54, 1.807) is 19.5 Å². The molecule has 0 radical (unpaired) electrons. The molecule has 1 heterocycles. The Labute approximate surface area is 96.5 Å². The molecule has 0 spiro atoms. The lowest BCUT2D eigenvalue weighted by Gasteiger charge is -2.17. The largest absolute Gasteiger partial charge is 0.495 e. The number of aromatic nitrogens is 1. The monoisotopic (exact) mass is 221 g/mol. The Morgan fingerprint density at radius 1 is 1.50 bits per heavy atom. The Morgan fingerprint density at radius 2 is 2.25 bits per heavy atom. The zero-order valence-corrected chi connectivity index (χ0v) is 9.72. The molecule has 0 aromatic carbocycles. The summed E-state index contributed by atoms with van der Waals surface area (Å²) in [6.45, 7) is 0.